The van der Waals surface area contributed by atoms with Gasteiger partial charge in [0.1, 0.15) is 6.23 Å². The van der Waals surface area contributed by atoms with Gasteiger partial charge in [0.2, 0.25) is 0 Å². The largest absolute Gasteiger partial charge is 0.353 e. The minimum Gasteiger partial charge on any atom is -0.353 e. The molecule has 3 rings (SSSR count). The molecule has 0 aromatic carbocycles. The maximum Gasteiger partial charge on any atom is 0.135 e. The lowest BCUT2D eigenvalue weighted by Crippen LogP contribution is -2.49. The Labute approximate surface area is 72.9 Å². The highest BCUT2D eigenvalue weighted by Crippen LogP contribution is 2.39. The first-order chi connectivity index (χ1) is 5.78. The Morgan fingerprint density at radius 3 is 3.33 bits per heavy atom. The standard InChI is InChI=1S/C9H16N2O/c1-9-5-10-8-7(12-8)4-6(9)2-3-11-9/h6-8,10-11H,2-5H2,1H3. The van der Waals surface area contributed by atoms with E-state index >= 15 is 0 Å². The van der Waals surface area contributed by atoms with Gasteiger partial charge in [0.05, 0.1) is 6.10 Å². The minimum absolute atomic E-state index is 0.344. The highest BCUT2D eigenvalue weighted by molar-refractivity contribution is 5.04. The van der Waals surface area contributed by atoms with Crippen molar-refractivity contribution in [2.75, 3.05) is 13.1 Å². The lowest BCUT2D eigenvalue weighted by Gasteiger charge is -2.30. The van der Waals surface area contributed by atoms with Gasteiger partial charge < -0.3 is 10.1 Å². The Hall–Kier alpha value is -0.120. The van der Waals surface area contributed by atoms with Crippen molar-refractivity contribution in [3.8, 4) is 0 Å². The minimum atomic E-state index is 0.344. The molecule has 0 amide bonds. The van der Waals surface area contributed by atoms with Crippen LogP contribution in [0.15, 0.2) is 0 Å². The van der Waals surface area contributed by atoms with Crippen molar-refractivity contribution < 1.29 is 4.74 Å². The topological polar surface area (TPSA) is 36.6 Å². The monoisotopic (exact) mass is 168 g/mol. The molecule has 0 spiro atoms. The average molecular weight is 168 g/mol. The lowest BCUT2D eigenvalue weighted by molar-refractivity contribution is 0.225. The number of ether oxygens (including phenoxy) is 1. The van der Waals surface area contributed by atoms with Crippen molar-refractivity contribution in [2.24, 2.45) is 5.92 Å². The van der Waals surface area contributed by atoms with Crippen molar-refractivity contribution in [1.82, 2.24) is 10.6 Å². The van der Waals surface area contributed by atoms with Crippen LogP contribution in [0, 0.1) is 5.92 Å². The van der Waals surface area contributed by atoms with E-state index in [0.717, 1.165) is 12.5 Å². The molecule has 3 nitrogen and oxygen atoms in total. The Morgan fingerprint density at radius 2 is 2.42 bits per heavy atom. The molecular weight excluding hydrogens is 152 g/mol. The van der Waals surface area contributed by atoms with Crippen LogP contribution in [-0.4, -0.2) is 31.0 Å². The highest BCUT2D eigenvalue weighted by Gasteiger charge is 2.50. The molecule has 3 saturated heterocycles. The quantitative estimate of drug-likeness (QED) is 0.503. The van der Waals surface area contributed by atoms with Crippen molar-refractivity contribution in [1.29, 1.82) is 0 Å². The van der Waals surface area contributed by atoms with Crippen LogP contribution in [0.1, 0.15) is 19.8 Å². The third kappa shape index (κ3) is 0.934. The molecule has 0 radical (unpaired) electrons. The molecule has 4 unspecified atom stereocenters. The van der Waals surface area contributed by atoms with Crippen molar-refractivity contribution in [3.05, 3.63) is 0 Å². The van der Waals surface area contributed by atoms with Crippen LogP contribution < -0.4 is 10.6 Å². The van der Waals surface area contributed by atoms with Crippen LogP contribution in [-0.2, 0) is 4.74 Å². The first kappa shape index (κ1) is 7.30. The summed E-state index contributed by atoms with van der Waals surface area (Å²) in [6.45, 7) is 4.58. The van der Waals surface area contributed by atoms with E-state index in [4.69, 9.17) is 4.74 Å². The van der Waals surface area contributed by atoms with Gasteiger partial charge in [-0.2, -0.15) is 0 Å². The Balaban J connectivity index is 1.82. The van der Waals surface area contributed by atoms with E-state index < -0.39 is 0 Å². The molecule has 12 heavy (non-hydrogen) atoms. The van der Waals surface area contributed by atoms with Crippen molar-refractivity contribution in [3.63, 3.8) is 0 Å². The van der Waals surface area contributed by atoms with E-state index in [9.17, 15) is 0 Å². The molecule has 68 valence electrons. The van der Waals surface area contributed by atoms with E-state index in [1.54, 1.807) is 0 Å². The zero-order valence-corrected chi connectivity index (χ0v) is 7.47. The van der Waals surface area contributed by atoms with E-state index in [-0.39, 0.29) is 0 Å². The second-order valence-electron chi connectivity index (χ2n) is 4.54. The third-order valence-corrected chi connectivity index (χ3v) is 3.69. The fourth-order valence-corrected chi connectivity index (χ4v) is 2.67. The van der Waals surface area contributed by atoms with E-state index in [0.29, 0.717) is 17.9 Å². The van der Waals surface area contributed by atoms with Gasteiger partial charge in [-0.25, -0.2) is 0 Å². The maximum atomic E-state index is 5.47. The van der Waals surface area contributed by atoms with E-state index in [1.807, 2.05) is 0 Å². The van der Waals surface area contributed by atoms with Crippen molar-refractivity contribution in [2.45, 2.75) is 37.6 Å². The van der Waals surface area contributed by atoms with E-state index in [2.05, 4.69) is 17.6 Å². The number of nitrogens with one attached hydrogen (secondary N) is 2. The number of epoxide rings is 1. The molecule has 3 fully saturated rings. The molecule has 0 bridgehead atoms. The fraction of sp³-hybridized carbons (Fsp3) is 1.00. The van der Waals surface area contributed by atoms with Crippen LogP contribution in [0.25, 0.3) is 0 Å². The Bertz CT molecular complexity index is 209. The summed E-state index contributed by atoms with van der Waals surface area (Å²) < 4.78 is 5.47. The molecule has 0 aliphatic carbocycles. The number of rotatable bonds is 0. The molecule has 2 N–H and O–H groups in total. The zero-order chi connectivity index (χ0) is 8.18. The van der Waals surface area contributed by atoms with Gasteiger partial charge in [-0.1, -0.05) is 0 Å². The van der Waals surface area contributed by atoms with Gasteiger partial charge in [0.25, 0.3) is 0 Å². The molecule has 3 aliphatic rings. The van der Waals surface area contributed by atoms with Crippen LogP contribution >= 0.6 is 0 Å². The molecule has 3 heterocycles. The molecular formula is C9H16N2O. The summed E-state index contributed by atoms with van der Waals surface area (Å²) >= 11 is 0. The normalized spacial score (nSPS) is 57.2. The first-order valence-electron chi connectivity index (χ1n) is 4.92. The second kappa shape index (κ2) is 2.22. The third-order valence-electron chi connectivity index (χ3n) is 3.69. The van der Waals surface area contributed by atoms with Gasteiger partial charge in [-0.3, -0.25) is 5.32 Å². The molecule has 0 aromatic heterocycles. The smallest absolute Gasteiger partial charge is 0.135 e. The first-order valence-corrected chi connectivity index (χ1v) is 4.92. The maximum absolute atomic E-state index is 5.47. The number of fused-ring (bicyclic) bond motifs is 2. The summed E-state index contributed by atoms with van der Waals surface area (Å²) in [5.74, 6) is 0.822. The average Bonchev–Trinajstić information content (AvgIpc) is 2.71. The summed E-state index contributed by atoms with van der Waals surface area (Å²) in [5, 5.41) is 7.04. The highest BCUT2D eigenvalue weighted by atomic mass is 16.6. The zero-order valence-electron chi connectivity index (χ0n) is 7.47. The fourth-order valence-electron chi connectivity index (χ4n) is 2.67. The second-order valence-corrected chi connectivity index (χ2v) is 4.54. The molecule has 4 atom stereocenters. The summed E-state index contributed by atoms with van der Waals surface area (Å²) in [6, 6.07) is 0. The number of hydrogen-bond donors (Lipinski definition) is 2. The summed E-state index contributed by atoms with van der Waals surface area (Å²) in [4.78, 5) is 0. The van der Waals surface area contributed by atoms with Gasteiger partial charge >= 0.3 is 0 Å². The predicted molar refractivity (Wildman–Crippen MR) is 45.8 cm³/mol. The SMILES string of the molecule is CC12CNC3OC3CC1CCN2. The summed E-state index contributed by atoms with van der Waals surface area (Å²) in [6.07, 6.45) is 3.48. The lowest BCUT2D eigenvalue weighted by atomic mass is 9.85. The summed E-state index contributed by atoms with van der Waals surface area (Å²) in [5.41, 5.74) is 0.344. The van der Waals surface area contributed by atoms with Crippen LogP contribution in [0.5, 0.6) is 0 Å². The molecule has 0 saturated carbocycles. The molecule has 3 aliphatic heterocycles. The number of hydrogen-bond acceptors (Lipinski definition) is 3. The van der Waals surface area contributed by atoms with Gasteiger partial charge in [-0.15, -0.1) is 0 Å². The van der Waals surface area contributed by atoms with Crippen LogP contribution in [0.4, 0.5) is 0 Å². The Morgan fingerprint density at radius 1 is 1.50 bits per heavy atom. The molecule has 3 heteroatoms. The van der Waals surface area contributed by atoms with Crippen LogP contribution in [0.2, 0.25) is 0 Å². The van der Waals surface area contributed by atoms with Gasteiger partial charge in [0.15, 0.2) is 0 Å². The van der Waals surface area contributed by atoms with Crippen molar-refractivity contribution >= 4 is 0 Å². The van der Waals surface area contributed by atoms with Crippen LogP contribution in [0.3, 0.4) is 0 Å². The Kier molecular flexibility index (Phi) is 1.35. The predicted octanol–water partition coefficient (Wildman–Crippen LogP) is 0.0728. The van der Waals surface area contributed by atoms with Gasteiger partial charge in [-0.05, 0) is 32.2 Å². The van der Waals surface area contributed by atoms with Gasteiger partial charge in [0, 0.05) is 12.1 Å². The summed E-state index contributed by atoms with van der Waals surface area (Å²) in [7, 11) is 0. The van der Waals surface area contributed by atoms with E-state index in [1.165, 1.54) is 19.4 Å². The molecule has 0 aromatic rings.